The lowest BCUT2D eigenvalue weighted by Crippen LogP contribution is -2.26. The first-order valence-corrected chi connectivity index (χ1v) is 5.62. The van der Waals surface area contributed by atoms with Gasteiger partial charge in [0, 0.05) is 19.0 Å². The Bertz CT molecular complexity index is 494. The first kappa shape index (κ1) is 12.0. The fourth-order valence-corrected chi connectivity index (χ4v) is 2.14. The molecule has 1 unspecified atom stereocenters. The summed E-state index contributed by atoms with van der Waals surface area (Å²) in [5.74, 6) is -2.70. The smallest absolute Gasteiger partial charge is 0.308 e. The van der Waals surface area contributed by atoms with Crippen LogP contribution in [-0.2, 0) is 9.59 Å². The number of aliphatic carboxylic acids is 1. The predicted molar refractivity (Wildman–Crippen MR) is 60.0 cm³/mol. The van der Waals surface area contributed by atoms with Crippen molar-refractivity contribution in [1.29, 1.82) is 0 Å². The van der Waals surface area contributed by atoms with Crippen molar-refractivity contribution in [3.05, 3.63) is 22.7 Å². The van der Waals surface area contributed by atoms with Crippen molar-refractivity contribution in [3.63, 3.8) is 0 Å². The number of anilines is 1. The number of hydrogen-bond donors (Lipinski definition) is 1. The Hall–Kier alpha value is -1.50. The Morgan fingerprint density at radius 3 is 2.94 bits per heavy atom. The topological polar surface area (TPSA) is 70.5 Å². The van der Waals surface area contributed by atoms with E-state index in [2.05, 4.69) is 20.9 Å². The first-order chi connectivity index (χ1) is 7.99. The maximum atomic E-state index is 13.0. The van der Waals surface area contributed by atoms with E-state index in [9.17, 15) is 14.0 Å². The molecule has 1 fully saturated rings. The molecule has 1 amide bonds. The van der Waals surface area contributed by atoms with Gasteiger partial charge in [0.1, 0.15) is 10.4 Å². The molecular weight excluding hydrogens is 295 g/mol. The molecule has 1 saturated heterocycles. The Morgan fingerprint density at radius 2 is 2.35 bits per heavy atom. The van der Waals surface area contributed by atoms with E-state index in [4.69, 9.17) is 5.11 Å². The fraction of sp³-hybridized carbons (Fsp3) is 0.300. The molecule has 1 aromatic rings. The largest absolute Gasteiger partial charge is 0.481 e. The quantitative estimate of drug-likeness (QED) is 0.839. The standard InChI is InChI=1S/C10H8BrFN2O3/c11-9-7(2-6(12)3-13-9)14-4-5(10(16)17)1-8(14)15/h2-3,5H,1,4H2,(H,16,17). The van der Waals surface area contributed by atoms with Gasteiger partial charge < -0.3 is 10.0 Å². The number of amides is 1. The lowest BCUT2D eigenvalue weighted by Gasteiger charge is -2.16. The van der Waals surface area contributed by atoms with Crippen LogP contribution in [0.15, 0.2) is 16.9 Å². The van der Waals surface area contributed by atoms with Crippen molar-refractivity contribution >= 4 is 33.5 Å². The number of rotatable bonds is 2. The third-order valence-corrected chi connectivity index (χ3v) is 3.16. The van der Waals surface area contributed by atoms with Crippen LogP contribution in [0.4, 0.5) is 10.1 Å². The van der Waals surface area contributed by atoms with E-state index in [0.29, 0.717) is 4.60 Å². The summed E-state index contributed by atoms with van der Waals surface area (Å²) in [4.78, 5) is 27.4. The van der Waals surface area contributed by atoms with Crippen LogP contribution in [0.25, 0.3) is 0 Å². The summed E-state index contributed by atoms with van der Waals surface area (Å²) in [7, 11) is 0. The molecule has 2 rings (SSSR count). The highest BCUT2D eigenvalue weighted by Gasteiger charge is 2.36. The molecule has 2 heterocycles. The van der Waals surface area contributed by atoms with Crippen molar-refractivity contribution in [2.75, 3.05) is 11.4 Å². The highest BCUT2D eigenvalue weighted by atomic mass is 79.9. The van der Waals surface area contributed by atoms with Crippen LogP contribution in [0.1, 0.15) is 6.42 Å². The average molecular weight is 303 g/mol. The van der Waals surface area contributed by atoms with E-state index >= 15 is 0 Å². The van der Waals surface area contributed by atoms with E-state index in [1.807, 2.05) is 0 Å². The molecule has 1 atom stereocenters. The summed E-state index contributed by atoms with van der Waals surface area (Å²) in [5, 5.41) is 8.84. The maximum Gasteiger partial charge on any atom is 0.308 e. The van der Waals surface area contributed by atoms with Gasteiger partial charge in [0.15, 0.2) is 0 Å². The number of carboxylic acid groups (broad SMARTS) is 1. The molecule has 1 N–H and O–H groups in total. The first-order valence-electron chi connectivity index (χ1n) is 4.83. The minimum atomic E-state index is -1.03. The molecule has 0 aromatic carbocycles. The van der Waals surface area contributed by atoms with Gasteiger partial charge in [-0.2, -0.15) is 0 Å². The van der Waals surface area contributed by atoms with E-state index in [-0.39, 0.29) is 24.6 Å². The number of carbonyl (C=O) groups is 2. The number of carboxylic acids is 1. The minimum absolute atomic E-state index is 0.0396. The highest BCUT2D eigenvalue weighted by molar-refractivity contribution is 9.10. The molecule has 0 saturated carbocycles. The van der Waals surface area contributed by atoms with Crippen molar-refractivity contribution in [1.82, 2.24) is 4.98 Å². The fourth-order valence-electron chi connectivity index (χ4n) is 1.71. The van der Waals surface area contributed by atoms with Crippen molar-refractivity contribution in [2.45, 2.75) is 6.42 Å². The Balaban J connectivity index is 2.32. The van der Waals surface area contributed by atoms with E-state index in [0.717, 1.165) is 12.3 Å². The molecule has 0 radical (unpaired) electrons. The second-order valence-electron chi connectivity index (χ2n) is 3.71. The molecule has 90 valence electrons. The molecule has 17 heavy (non-hydrogen) atoms. The molecule has 5 nitrogen and oxygen atoms in total. The van der Waals surface area contributed by atoms with Crippen LogP contribution < -0.4 is 4.90 Å². The van der Waals surface area contributed by atoms with Crippen molar-refractivity contribution < 1.29 is 19.1 Å². The third kappa shape index (κ3) is 2.28. The van der Waals surface area contributed by atoms with Crippen LogP contribution in [0, 0.1) is 11.7 Å². The van der Waals surface area contributed by atoms with Crippen molar-refractivity contribution in [2.24, 2.45) is 5.92 Å². The molecule has 0 aliphatic carbocycles. The van der Waals surface area contributed by atoms with Crippen LogP contribution in [0.5, 0.6) is 0 Å². The van der Waals surface area contributed by atoms with Crippen LogP contribution in [0.3, 0.4) is 0 Å². The average Bonchev–Trinajstić information content (AvgIpc) is 2.64. The van der Waals surface area contributed by atoms with Crippen LogP contribution >= 0.6 is 15.9 Å². The summed E-state index contributed by atoms with van der Waals surface area (Å²) < 4.78 is 13.4. The summed E-state index contributed by atoms with van der Waals surface area (Å²) in [6, 6.07) is 1.15. The zero-order valence-electron chi connectivity index (χ0n) is 8.56. The number of nitrogens with zero attached hydrogens (tertiary/aromatic N) is 2. The zero-order valence-corrected chi connectivity index (χ0v) is 10.1. The predicted octanol–water partition coefficient (Wildman–Crippen LogP) is 1.42. The summed E-state index contributed by atoms with van der Waals surface area (Å²) in [5.41, 5.74) is 0.263. The maximum absolute atomic E-state index is 13.0. The number of pyridine rings is 1. The Kier molecular flexibility index (Phi) is 3.10. The van der Waals surface area contributed by atoms with E-state index < -0.39 is 17.7 Å². The van der Waals surface area contributed by atoms with Crippen LogP contribution in [0.2, 0.25) is 0 Å². The zero-order chi connectivity index (χ0) is 12.6. The lowest BCUT2D eigenvalue weighted by atomic mass is 10.1. The normalized spacial score (nSPS) is 19.8. The molecule has 7 heteroatoms. The summed E-state index contributed by atoms with van der Waals surface area (Å²) in [6.07, 6.45) is 0.946. The third-order valence-electron chi connectivity index (χ3n) is 2.55. The van der Waals surface area contributed by atoms with E-state index in [1.54, 1.807) is 0 Å². The van der Waals surface area contributed by atoms with Gasteiger partial charge in [0.25, 0.3) is 0 Å². The Labute approximate surface area is 104 Å². The van der Waals surface area contributed by atoms with Gasteiger partial charge >= 0.3 is 5.97 Å². The molecule has 1 aromatic heterocycles. The molecular formula is C10H8BrFN2O3. The van der Waals surface area contributed by atoms with Gasteiger partial charge in [0.05, 0.1) is 17.8 Å². The van der Waals surface area contributed by atoms with Gasteiger partial charge in [0.2, 0.25) is 5.91 Å². The minimum Gasteiger partial charge on any atom is -0.481 e. The molecule has 0 spiro atoms. The van der Waals surface area contributed by atoms with Gasteiger partial charge in [-0.1, -0.05) is 0 Å². The van der Waals surface area contributed by atoms with Gasteiger partial charge in [-0.05, 0) is 15.9 Å². The SMILES string of the molecule is O=C(O)C1CC(=O)N(c2cc(F)cnc2Br)C1. The molecule has 1 aliphatic rings. The van der Waals surface area contributed by atoms with E-state index in [1.165, 1.54) is 4.90 Å². The molecule has 0 bridgehead atoms. The van der Waals surface area contributed by atoms with Crippen LogP contribution in [-0.4, -0.2) is 28.5 Å². The Morgan fingerprint density at radius 1 is 1.65 bits per heavy atom. The monoisotopic (exact) mass is 302 g/mol. The second-order valence-corrected chi connectivity index (χ2v) is 4.46. The number of carbonyl (C=O) groups excluding carboxylic acids is 1. The number of aromatic nitrogens is 1. The lowest BCUT2D eigenvalue weighted by molar-refractivity contribution is -0.141. The van der Waals surface area contributed by atoms with Crippen molar-refractivity contribution in [3.8, 4) is 0 Å². The van der Waals surface area contributed by atoms with Gasteiger partial charge in [-0.15, -0.1) is 0 Å². The number of halogens is 2. The van der Waals surface area contributed by atoms with Gasteiger partial charge in [-0.25, -0.2) is 9.37 Å². The summed E-state index contributed by atoms with van der Waals surface area (Å²) >= 11 is 3.11. The number of hydrogen-bond acceptors (Lipinski definition) is 3. The van der Waals surface area contributed by atoms with Gasteiger partial charge in [-0.3, -0.25) is 9.59 Å². The summed E-state index contributed by atoms with van der Waals surface area (Å²) in [6.45, 7) is 0.0396. The second kappa shape index (κ2) is 4.40. The highest BCUT2D eigenvalue weighted by Crippen LogP contribution is 2.30. The molecule has 1 aliphatic heterocycles.